The highest BCUT2D eigenvalue weighted by atomic mass is 14.9. The van der Waals surface area contributed by atoms with Crippen molar-refractivity contribution in [1.82, 2.24) is 0 Å². The van der Waals surface area contributed by atoms with Crippen molar-refractivity contribution < 1.29 is 0 Å². The third-order valence-electron chi connectivity index (χ3n) is 4.59. The Morgan fingerprint density at radius 1 is 1.50 bits per heavy atom. The SMILES string of the molecule is CC1C(N)C23CCC(C2)C13. The van der Waals surface area contributed by atoms with Crippen molar-refractivity contribution in [3.8, 4) is 0 Å². The van der Waals surface area contributed by atoms with Gasteiger partial charge < -0.3 is 5.73 Å². The zero-order valence-corrected chi connectivity index (χ0v) is 6.51. The van der Waals surface area contributed by atoms with Crippen LogP contribution in [0.15, 0.2) is 0 Å². The molecule has 4 aliphatic rings. The van der Waals surface area contributed by atoms with E-state index in [2.05, 4.69) is 6.92 Å². The number of fused-ring (bicyclic) bond motifs is 1. The summed E-state index contributed by atoms with van der Waals surface area (Å²) in [4.78, 5) is 0. The summed E-state index contributed by atoms with van der Waals surface area (Å²) < 4.78 is 0. The Kier molecular flexibility index (Phi) is 0.722. The molecule has 1 heteroatoms. The van der Waals surface area contributed by atoms with E-state index in [1.807, 2.05) is 0 Å². The standard InChI is InChI=1S/C9H15N/c1-5-7-6-2-3-9(7,4-6)8(5)10/h5-8H,2-4,10H2,1H3. The minimum Gasteiger partial charge on any atom is -0.327 e. The van der Waals surface area contributed by atoms with Gasteiger partial charge in [-0.3, -0.25) is 0 Å². The molecule has 0 aromatic carbocycles. The quantitative estimate of drug-likeness (QED) is 0.536. The monoisotopic (exact) mass is 137 g/mol. The van der Waals surface area contributed by atoms with Crippen LogP contribution in [-0.4, -0.2) is 6.04 Å². The molecule has 0 radical (unpaired) electrons. The molecule has 4 rings (SSSR count). The molecule has 0 saturated heterocycles. The summed E-state index contributed by atoms with van der Waals surface area (Å²) in [6.07, 6.45) is 4.42. The fraction of sp³-hybridized carbons (Fsp3) is 1.00. The van der Waals surface area contributed by atoms with Crippen LogP contribution in [0.3, 0.4) is 0 Å². The maximum absolute atomic E-state index is 6.08. The van der Waals surface area contributed by atoms with Crippen molar-refractivity contribution in [3.05, 3.63) is 0 Å². The molecule has 10 heavy (non-hydrogen) atoms. The van der Waals surface area contributed by atoms with Gasteiger partial charge in [0.1, 0.15) is 0 Å². The van der Waals surface area contributed by atoms with E-state index in [0.717, 1.165) is 17.8 Å². The average Bonchev–Trinajstić information content (AvgIpc) is 2.40. The van der Waals surface area contributed by atoms with E-state index in [4.69, 9.17) is 5.73 Å². The van der Waals surface area contributed by atoms with Gasteiger partial charge in [-0.25, -0.2) is 0 Å². The van der Waals surface area contributed by atoms with Crippen molar-refractivity contribution in [3.63, 3.8) is 0 Å². The van der Waals surface area contributed by atoms with Gasteiger partial charge in [-0.15, -0.1) is 0 Å². The molecule has 5 unspecified atom stereocenters. The van der Waals surface area contributed by atoms with Gasteiger partial charge in [-0.05, 0) is 42.4 Å². The molecule has 4 aliphatic carbocycles. The largest absolute Gasteiger partial charge is 0.327 e. The van der Waals surface area contributed by atoms with Gasteiger partial charge in [0.15, 0.2) is 0 Å². The first-order valence-electron chi connectivity index (χ1n) is 4.51. The Morgan fingerprint density at radius 3 is 2.90 bits per heavy atom. The summed E-state index contributed by atoms with van der Waals surface area (Å²) in [5.41, 5.74) is 6.76. The Bertz CT molecular complexity index is 185. The van der Waals surface area contributed by atoms with Gasteiger partial charge in [-0.2, -0.15) is 0 Å². The Labute approximate surface area is 62.0 Å². The van der Waals surface area contributed by atoms with Crippen LogP contribution in [0.25, 0.3) is 0 Å². The number of rotatable bonds is 0. The van der Waals surface area contributed by atoms with Crippen LogP contribution in [-0.2, 0) is 0 Å². The molecule has 4 saturated carbocycles. The molecule has 4 fully saturated rings. The lowest BCUT2D eigenvalue weighted by atomic mass is 9.41. The van der Waals surface area contributed by atoms with Gasteiger partial charge in [0.2, 0.25) is 0 Å². The van der Waals surface area contributed by atoms with Gasteiger partial charge in [-0.1, -0.05) is 6.92 Å². The minimum atomic E-state index is 0.566. The zero-order chi connectivity index (χ0) is 6.93. The Hall–Kier alpha value is -0.0400. The predicted molar refractivity (Wildman–Crippen MR) is 40.4 cm³/mol. The summed E-state index contributed by atoms with van der Waals surface area (Å²) in [6, 6.07) is 0.566. The zero-order valence-electron chi connectivity index (χ0n) is 6.51. The molecule has 1 spiro atoms. The van der Waals surface area contributed by atoms with Crippen molar-refractivity contribution in [1.29, 1.82) is 0 Å². The van der Waals surface area contributed by atoms with E-state index in [0.29, 0.717) is 11.5 Å². The summed E-state index contributed by atoms with van der Waals surface area (Å²) in [6.45, 7) is 2.34. The summed E-state index contributed by atoms with van der Waals surface area (Å²) in [5.74, 6) is 3.00. The van der Waals surface area contributed by atoms with Gasteiger partial charge in [0.05, 0.1) is 0 Å². The molecule has 0 aliphatic heterocycles. The smallest absolute Gasteiger partial charge is 0.0127 e. The summed E-state index contributed by atoms with van der Waals surface area (Å²) in [5, 5.41) is 0. The van der Waals surface area contributed by atoms with Crippen LogP contribution >= 0.6 is 0 Å². The Balaban J connectivity index is 1.98. The topological polar surface area (TPSA) is 26.0 Å². The third-order valence-corrected chi connectivity index (χ3v) is 4.59. The molecule has 1 nitrogen and oxygen atoms in total. The third kappa shape index (κ3) is 0.315. The van der Waals surface area contributed by atoms with Crippen LogP contribution in [0.1, 0.15) is 26.2 Å². The first-order chi connectivity index (χ1) is 4.76. The van der Waals surface area contributed by atoms with E-state index < -0.39 is 0 Å². The second kappa shape index (κ2) is 1.29. The van der Waals surface area contributed by atoms with Gasteiger partial charge >= 0.3 is 0 Å². The van der Waals surface area contributed by atoms with Crippen molar-refractivity contribution in [2.75, 3.05) is 0 Å². The van der Waals surface area contributed by atoms with E-state index in [1.54, 1.807) is 0 Å². The van der Waals surface area contributed by atoms with E-state index in [1.165, 1.54) is 19.3 Å². The molecule has 0 amide bonds. The number of nitrogens with two attached hydrogens (primary N) is 1. The number of hydrogen-bond acceptors (Lipinski definition) is 1. The average molecular weight is 137 g/mol. The summed E-state index contributed by atoms with van der Waals surface area (Å²) >= 11 is 0. The predicted octanol–water partition coefficient (Wildman–Crippen LogP) is 1.38. The lowest BCUT2D eigenvalue weighted by molar-refractivity contribution is -0.146. The molecule has 0 aromatic heterocycles. The van der Waals surface area contributed by atoms with Gasteiger partial charge in [0, 0.05) is 6.04 Å². The number of hydrogen-bond donors (Lipinski definition) is 1. The molecule has 2 N–H and O–H groups in total. The maximum atomic E-state index is 6.08. The van der Waals surface area contributed by atoms with Crippen LogP contribution in [0.4, 0.5) is 0 Å². The van der Waals surface area contributed by atoms with E-state index in [9.17, 15) is 0 Å². The van der Waals surface area contributed by atoms with Crippen LogP contribution in [0.5, 0.6) is 0 Å². The molecular weight excluding hydrogens is 122 g/mol. The Morgan fingerprint density at radius 2 is 2.30 bits per heavy atom. The minimum absolute atomic E-state index is 0.566. The fourth-order valence-electron chi connectivity index (χ4n) is 4.17. The lowest BCUT2D eigenvalue weighted by Crippen LogP contribution is -2.69. The van der Waals surface area contributed by atoms with Crippen LogP contribution in [0.2, 0.25) is 0 Å². The van der Waals surface area contributed by atoms with Crippen molar-refractivity contribution in [2.45, 2.75) is 32.2 Å². The highest BCUT2D eigenvalue weighted by Crippen LogP contribution is 2.74. The first kappa shape index (κ1) is 5.59. The molecule has 5 atom stereocenters. The fourth-order valence-corrected chi connectivity index (χ4v) is 4.17. The second-order valence-electron chi connectivity index (χ2n) is 4.65. The van der Waals surface area contributed by atoms with E-state index in [-0.39, 0.29) is 0 Å². The van der Waals surface area contributed by atoms with Crippen molar-refractivity contribution in [2.24, 2.45) is 28.9 Å². The molecule has 0 aromatic rings. The maximum Gasteiger partial charge on any atom is 0.0127 e. The summed E-state index contributed by atoms with van der Waals surface area (Å²) in [7, 11) is 0. The molecule has 56 valence electrons. The lowest BCUT2D eigenvalue weighted by Gasteiger charge is -2.65. The first-order valence-corrected chi connectivity index (χ1v) is 4.51. The normalized spacial score (nSPS) is 70.2. The molecule has 2 bridgehead atoms. The second-order valence-corrected chi connectivity index (χ2v) is 4.65. The van der Waals surface area contributed by atoms with Crippen LogP contribution < -0.4 is 5.73 Å². The highest BCUT2D eigenvalue weighted by Gasteiger charge is 2.71. The van der Waals surface area contributed by atoms with E-state index >= 15 is 0 Å². The van der Waals surface area contributed by atoms with Crippen molar-refractivity contribution >= 4 is 0 Å². The molecular formula is C9H15N. The highest BCUT2D eigenvalue weighted by molar-refractivity contribution is 5.22. The molecule has 0 heterocycles. The van der Waals surface area contributed by atoms with Crippen LogP contribution in [0, 0.1) is 23.2 Å². The van der Waals surface area contributed by atoms with Gasteiger partial charge in [0.25, 0.3) is 0 Å².